The van der Waals surface area contributed by atoms with Crippen LogP contribution in [0.15, 0.2) is 64.8 Å². The van der Waals surface area contributed by atoms with Crippen LogP contribution in [0.5, 0.6) is 0 Å². The van der Waals surface area contributed by atoms with Gasteiger partial charge in [0, 0.05) is 30.4 Å². The van der Waals surface area contributed by atoms with E-state index in [0.717, 1.165) is 11.4 Å². The fourth-order valence-corrected chi connectivity index (χ4v) is 9.70. The predicted octanol–water partition coefficient (Wildman–Crippen LogP) is 2.40. The predicted molar refractivity (Wildman–Crippen MR) is 187 cm³/mol. The van der Waals surface area contributed by atoms with Crippen LogP contribution in [0.1, 0.15) is 55.4 Å². The van der Waals surface area contributed by atoms with Crippen LogP contribution < -0.4 is 17.0 Å². The zero-order valence-corrected chi connectivity index (χ0v) is 29.8. The quantitative estimate of drug-likeness (QED) is 0.0727. The van der Waals surface area contributed by atoms with E-state index in [1.807, 2.05) is 6.07 Å². The lowest BCUT2D eigenvalue weighted by Gasteiger charge is -2.27. The highest BCUT2D eigenvalue weighted by Crippen LogP contribution is 2.63. The van der Waals surface area contributed by atoms with Gasteiger partial charge >= 0.3 is 18.5 Å². The number of aromatic amines is 1. The van der Waals surface area contributed by atoms with Gasteiger partial charge in [0.15, 0.2) is 11.5 Å². The number of aliphatic hydroxyl groups excluding tert-OH is 2. The molecule has 2 aliphatic rings. The number of nitrogen functional groups attached to an aromatic ring is 1. The Kier molecular flexibility index (Phi) is 12.2. The molecule has 5 N–H and O–H groups in total. The lowest BCUT2D eigenvalue weighted by molar-refractivity contribution is -0.0505. The molecule has 3 unspecified atom stereocenters. The van der Waals surface area contributed by atoms with E-state index >= 15 is 0 Å². The first-order valence-electron chi connectivity index (χ1n) is 16.7. The molecule has 0 aliphatic carbocycles. The van der Waals surface area contributed by atoms with Crippen molar-refractivity contribution in [2.75, 3.05) is 31.3 Å². The van der Waals surface area contributed by atoms with Crippen LogP contribution in [0.4, 0.5) is 5.82 Å². The second kappa shape index (κ2) is 16.8. The number of fused-ring (bicyclic) bond motifs is 1. The van der Waals surface area contributed by atoms with Crippen molar-refractivity contribution in [1.29, 1.82) is 0 Å². The number of hydrogen-bond donors (Lipinski definition) is 4. The topological polar surface area (TPSA) is 245 Å². The number of esters is 1. The standard InChI is InChI=1S/C32H40N7O11PS/c1-19-27(22(15-40)49-30(19)38-11-10-24(42)37-32(38)44)50-51(45,52-13-7-3-6-12-46-31(43)20-8-4-2-5-9-20)47-16-23-21(41)14-25(48-23)39-18-36-26-28(33)34-17-35-29(26)39/h2,4-5,8-11,17-19,21-23,25,27,30,40-41H,3,6-7,12-16H2,1H3,(H2,33,34,35)(H,37,42,44)/t19-,21?,22+,23+,25+,27?,30+,51?/m0/s1. The molecule has 52 heavy (non-hydrogen) atoms. The highest BCUT2D eigenvalue weighted by molar-refractivity contribution is 8.55. The van der Waals surface area contributed by atoms with E-state index in [-0.39, 0.29) is 25.5 Å². The number of imidazole rings is 1. The molecule has 2 aliphatic heterocycles. The van der Waals surface area contributed by atoms with Gasteiger partial charge in [0.05, 0.1) is 37.8 Å². The van der Waals surface area contributed by atoms with Gasteiger partial charge in [-0.2, -0.15) is 0 Å². The first kappa shape index (κ1) is 37.8. The Morgan fingerprint density at radius 2 is 1.90 bits per heavy atom. The third kappa shape index (κ3) is 8.64. The van der Waals surface area contributed by atoms with Crippen molar-refractivity contribution in [3.05, 3.63) is 81.7 Å². The molecule has 2 saturated heterocycles. The van der Waals surface area contributed by atoms with Gasteiger partial charge < -0.3 is 30.2 Å². The summed E-state index contributed by atoms with van der Waals surface area (Å²) in [6.45, 7) is -2.97. The smallest absolute Gasteiger partial charge is 0.389 e. The third-order valence-corrected chi connectivity index (χ3v) is 12.6. The van der Waals surface area contributed by atoms with Crippen molar-refractivity contribution in [2.45, 2.75) is 69.5 Å². The van der Waals surface area contributed by atoms with Crippen molar-refractivity contribution < 1.29 is 42.8 Å². The van der Waals surface area contributed by atoms with Crippen molar-refractivity contribution in [1.82, 2.24) is 29.1 Å². The van der Waals surface area contributed by atoms with E-state index in [1.165, 1.54) is 29.5 Å². The maximum atomic E-state index is 14.5. The Morgan fingerprint density at radius 3 is 2.67 bits per heavy atom. The summed E-state index contributed by atoms with van der Waals surface area (Å²) < 4.78 is 46.8. The maximum Gasteiger partial charge on any atom is 0.389 e. The molecule has 18 nitrogen and oxygen atoms in total. The highest BCUT2D eigenvalue weighted by atomic mass is 32.7. The molecule has 3 aromatic heterocycles. The van der Waals surface area contributed by atoms with Gasteiger partial charge in [-0.3, -0.25) is 28.0 Å². The number of H-pyrrole nitrogens is 1. The fourth-order valence-electron chi connectivity index (χ4n) is 6.05. The minimum atomic E-state index is -4.06. The Hall–Kier alpha value is -3.94. The molecule has 20 heteroatoms. The number of aromatic nitrogens is 6. The summed E-state index contributed by atoms with van der Waals surface area (Å²) in [4.78, 5) is 51.0. The van der Waals surface area contributed by atoms with Crippen LogP contribution in [-0.2, 0) is 27.8 Å². The Balaban J connectivity index is 1.11. The number of carbonyl (C=O) groups is 1. The molecule has 1 aromatic carbocycles. The molecular formula is C32H40N7O11PS. The average molecular weight is 762 g/mol. The molecular weight excluding hydrogens is 721 g/mol. The molecule has 5 heterocycles. The number of anilines is 1. The number of rotatable bonds is 16. The molecule has 8 atom stereocenters. The second-order valence-electron chi connectivity index (χ2n) is 12.3. The van der Waals surface area contributed by atoms with Gasteiger partial charge in [0.2, 0.25) is 0 Å². The van der Waals surface area contributed by atoms with Crippen LogP contribution >= 0.6 is 18.2 Å². The van der Waals surface area contributed by atoms with Crippen LogP contribution in [-0.4, -0.2) is 95.2 Å². The van der Waals surface area contributed by atoms with Crippen LogP contribution in [0, 0.1) is 5.92 Å². The summed E-state index contributed by atoms with van der Waals surface area (Å²) in [5.74, 6) is -0.506. The number of hydrogen-bond acceptors (Lipinski definition) is 16. The van der Waals surface area contributed by atoms with E-state index in [4.69, 9.17) is 29.0 Å². The van der Waals surface area contributed by atoms with Gasteiger partial charge in [0.25, 0.3) is 5.56 Å². The minimum absolute atomic E-state index is 0.159. The van der Waals surface area contributed by atoms with Crippen molar-refractivity contribution in [3.63, 3.8) is 0 Å². The summed E-state index contributed by atoms with van der Waals surface area (Å²) >= 11 is 0.942. The summed E-state index contributed by atoms with van der Waals surface area (Å²) in [5, 5.41) is 21.1. The average Bonchev–Trinajstić information content (AvgIpc) is 3.82. The molecule has 0 bridgehead atoms. The first-order valence-corrected chi connectivity index (χ1v) is 19.8. The van der Waals surface area contributed by atoms with E-state index in [2.05, 4.69) is 19.9 Å². The molecule has 4 aromatic rings. The van der Waals surface area contributed by atoms with Crippen molar-refractivity contribution in [2.24, 2.45) is 5.92 Å². The van der Waals surface area contributed by atoms with Crippen molar-refractivity contribution in [3.8, 4) is 0 Å². The monoisotopic (exact) mass is 761 g/mol. The third-order valence-electron chi connectivity index (χ3n) is 8.78. The van der Waals surface area contributed by atoms with Gasteiger partial charge in [-0.25, -0.2) is 29.1 Å². The Morgan fingerprint density at radius 1 is 1.10 bits per heavy atom. The number of unbranched alkanes of at least 4 members (excludes halogenated alkanes) is 2. The van der Waals surface area contributed by atoms with Crippen LogP contribution in [0.2, 0.25) is 0 Å². The molecule has 280 valence electrons. The molecule has 6 rings (SSSR count). The highest BCUT2D eigenvalue weighted by Gasteiger charge is 2.48. The molecule has 0 radical (unpaired) electrons. The SMILES string of the molecule is C[C@H]1C(OP(=O)(OC[C@H]2O[C@@H](n3cnc4c(N)ncnc43)CC2O)SCCCCCOC(=O)c2ccccc2)[C@@H](CO)O[C@H]1n1ccc(=O)[nH]c1=O. The number of carbonyl (C=O) groups excluding carboxylic acids is 1. The van der Waals surface area contributed by atoms with E-state index in [1.54, 1.807) is 35.8 Å². The normalized spacial score (nSPS) is 25.7. The van der Waals surface area contributed by atoms with E-state index in [0.29, 0.717) is 41.7 Å². The van der Waals surface area contributed by atoms with Crippen LogP contribution in [0.25, 0.3) is 11.2 Å². The van der Waals surface area contributed by atoms with Crippen molar-refractivity contribution >= 4 is 41.1 Å². The minimum Gasteiger partial charge on any atom is -0.462 e. The van der Waals surface area contributed by atoms with Gasteiger partial charge in [-0.05, 0) is 42.8 Å². The first-order chi connectivity index (χ1) is 25.1. The molecule has 0 saturated carbocycles. The van der Waals surface area contributed by atoms with Gasteiger partial charge in [-0.15, -0.1) is 0 Å². The van der Waals surface area contributed by atoms with E-state index < -0.39 is 73.4 Å². The number of aliphatic hydroxyl groups is 2. The molecule has 0 amide bonds. The van der Waals surface area contributed by atoms with Crippen LogP contribution in [0.3, 0.4) is 0 Å². The Labute approximate surface area is 300 Å². The number of ether oxygens (including phenoxy) is 3. The summed E-state index contributed by atoms with van der Waals surface area (Å²) in [7, 11) is 0. The summed E-state index contributed by atoms with van der Waals surface area (Å²) in [6.07, 6.45) is 0.501. The lowest BCUT2D eigenvalue weighted by Crippen LogP contribution is -2.34. The van der Waals surface area contributed by atoms with Gasteiger partial charge in [0.1, 0.15) is 42.6 Å². The molecule has 2 fully saturated rings. The van der Waals surface area contributed by atoms with E-state index in [9.17, 15) is 29.2 Å². The summed E-state index contributed by atoms with van der Waals surface area (Å²) in [5.41, 5.74) is 5.89. The lowest BCUT2D eigenvalue weighted by atomic mass is 10.0. The fraction of sp³-hybridized carbons (Fsp3) is 0.500. The van der Waals surface area contributed by atoms with Gasteiger partial charge in [-0.1, -0.05) is 25.1 Å². The summed E-state index contributed by atoms with van der Waals surface area (Å²) in [6, 6.07) is 9.85. The molecule has 0 spiro atoms. The number of nitrogens with one attached hydrogen (secondary N) is 1. The maximum absolute atomic E-state index is 14.5. The number of nitrogens with zero attached hydrogens (tertiary/aromatic N) is 5. The second-order valence-corrected chi connectivity index (χ2v) is 16.5. The Bertz CT molecular complexity index is 2000. The number of nitrogens with two attached hydrogens (primary N) is 1. The largest absolute Gasteiger partial charge is 0.462 e. The number of benzene rings is 1. The zero-order chi connectivity index (χ0) is 36.8. The zero-order valence-electron chi connectivity index (χ0n) is 28.1.